The summed E-state index contributed by atoms with van der Waals surface area (Å²) in [7, 11) is 0. The van der Waals surface area contributed by atoms with Gasteiger partial charge in [-0.2, -0.15) is 18.3 Å². The molecule has 1 amide bonds. The zero-order valence-electron chi connectivity index (χ0n) is 7.95. The fraction of sp³-hybridized carbons (Fsp3) is 0.500. The number of aliphatic hydroxyl groups is 1. The van der Waals surface area contributed by atoms with Crippen LogP contribution in [0.5, 0.6) is 0 Å². The second-order valence-electron chi connectivity index (χ2n) is 3.44. The summed E-state index contributed by atoms with van der Waals surface area (Å²) < 4.78 is 37.2. The van der Waals surface area contributed by atoms with Gasteiger partial charge in [-0.1, -0.05) is 0 Å². The molecule has 1 aromatic heterocycles. The van der Waals surface area contributed by atoms with Gasteiger partial charge in [0, 0.05) is 12.1 Å². The largest absolute Gasteiger partial charge is 0.416 e. The highest BCUT2D eigenvalue weighted by Crippen LogP contribution is 2.22. The molecule has 2 rings (SSSR count). The fourth-order valence-corrected chi connectivity index (χ4v) is 1.48. The Morgan fingerprint density at radius 2 is 2.31 bits per heavy atom. The summed E-state index contributed by atoms with van der Waals surface area (Å²) in [4.78, 5) is 11.2. The first kappa shape index (κ1) is 10.9. The van der Waals surface area contributed by atoms with Gasteiger partial charge in [0.15, 0.2) is 6.10 Å². The van der Waals surface area contributed by atoms with Gasteiger partial charge < -0.3 is 10.4 Å². The van der Waals surface area contributed by atoms with Crippen LogP contribution in [-0.2, 0) is 13.1 Å². The van der Waals surface area contributed by atoms with Gasteiger partial charge >= 0.3 is 6.18 Å². The lowest BCUT2D eigenvalue weighted by Gasteiger charge is -2.15. The quantitative estimate of drug-likeness (QED) is 0.761. The minimum Gasteiger partial charge on any atom is -0.382 e. The van der Waals surface area contributed by atoms with Crippen LogP contribution in [0.3, 0.4) is 0 Å². The minimum absolute atomic E-state index is 0.0864. The molecule has 0 spiro atoms. The maximum absolute atomic E-state index is 12.1. The number of halogens is 3. The molecular weight excluding hydrogens is 227 g/mol. The van der Waals surface area contributed by atoms with Crippen molar-refractivity contribution in [3.8, 4) is 0 Å². The van der Waals surface area contributed by atoms with Crippen molar-refractivity contribution in [1.82, 2.24) is 15.1 Å². The van der Waals surface area contributed by atoms with Crippen molar-refractivity contribution in [2.24, 2.45) is 0 Å². The van der Waals surface area contributed by atoms with Gasteiger partial charge in [-0.05, 0) is 0 Å². The maximum Gasteiger partial charge on any atom is 0.416 e. The van der Waals surface area contributed by atoms with E-state index in [1.165, 1.54) is 6.20 Å². The average Bonchev–Trinajstić information content (AvgIpc) is 2.70. The Labute approximate surface area is 87.9 Å². The van der Waals surface area contributed by atoms with Gasteiger partial charge in [-0.25, -0.2) is 0 Å². The molecule has 5 nitrogen and oxygen atoms in total. The van der Waals surface area contributed by atoms with E-state index in [1.807, 2.05) is 0 Å². The summed E-state index contributed by atoms with van der Waals surface area (Å²) in [5, 5.41) is 14.9. The van der Waals surface area contributed by atoms with Crippen LogP contribution < -0.4 is 5.32 Å². The first-order valence-electron chi connectivity index (χ1n) is 4.47. The van der Waals surface area contributed by atoms with Crippen LogP contribution in [0.15, 0.2) is 6.20 Å². The van der Waals surface area contributed by atoms with Crippen molar-refractivity contribution in [1.29, 1.82) is 0 Å². The van der Waals surface area contributed by atoms with E-state index in [1.54, 1.807) is 0 Å². The predicted molar refractivity (Wildman–Crippen MR) is 45.5 cm³/mol. The van der Waals surface area contributed by atoms with Gasteiger partial charge in [0.1, 0.15) is 5.69 Å². The zero-order chi connectivity index (χ0) is 11.9. The normalized spacial score (nSPS) is 17.1. The molecule has 0 radical (unpaired) electrons. The van der Waals surface area contributed by atoms with E-state index in [4.69, 9.17) is 5.11 Å². The molecule has 0 aromatic carbocycles. The van der Waals surface area contributed by atoms with Gasteiger partial charge in [0.2, 0.25) is 0 Å². The molecule has 0 aliphatic carbocycles. The van der Waals surface area contributed by atoms with E-state index in [2.05, 4.69) is 10.4 Å². The molecule has 8 heteroatoms. The summed E-state index contributed by atoms with van der Waals surface area (Å²) in [5.74, 6) is -0.470. The molecule has 1 atom stereocenters. The van der Waals surface area contributed by atoms with Crippen molar-refractivity contribution in [2.45, 2.75) is 25.4 Å². The molecule has 2 heterocycles. The summed E-state index contributed by atoms with van der Waals surface area (Å²) >= 11 is 0. The highest BCUT2D eigenvalue weighted by molar-refractivity contribution is 5.96. The molecule has 88 valence electrons. The van der Waals surface area contributed by atoms with Crippen LogP contribution in [0.4, 0.5) is 13.2 Å². The van der Waals surface area contributed by atoms with Crippen LogP contribution in [-0.4, -0.2) is 33.1 Å². The first-order chi connectivity index (χ1) is 7.39. The number of rotatable bonds is 2. The van der Waals surface area contributed by atoms with E-state index < -0.39 is 24.7 Å². The van der Waals surface area contributed by atoms with Crippen molar-refractivity contribution in [3.05, 3.63) is 17.5 Å². The molecule has 16 heavy (non-hydrogen) atoms. The fourth-order valence-electron chi connectivity index (χ4n) is 1.48. The number of fused-ring (bicyclic) bond motifs is 1. The van der Waals surface area contributed by atoms with Crippen LogP contribution in [0.2, 0.25) is 0 Å². The smallest absolute Gasteiger partial charge is 0.382 e. The zero-order valence-corrected chi connectivity index (χ0v) is 7.95. The van der Waals surface area contributed by atoms with E-state index in [0.29, 0.717) is 5.56 Å². The topological polar surface area (TPSA) is 67.2 Å². The average molecular weight is 235 g/mol. The Bertz CT molecular complexity index is 427. The number of alkyl halides is 3. The number of aromatic nitrogens is 2. The standard InChI is InChI=1S/C8H8F3N3O2/c9-8(10,11)5(15)3-14-6-4(2-13-14)1-12-7(6)16/h2,5,15H,1,3H2,(H,12,16)/t5-/m0/s1. The highest BCUT2D eigenvalue weighted by Gasteiger charge is 2.39. The summed E-state index contributed by atoms with van der Waals surface area (Å²) in [5.41, 5.74) is 0.627. The van der Waals surface area contributed by atoms with Crippen LogP contribution in [0, 0.1) is 0 Å². The third-order valence-corrected chi connectivity index (χ3v) is 2.29. The van der Waals surface area contributed by atoms with Crippen molar-refractivity contribution in [3.63, 3.8) is 0 Å². The predicted octanol–water partition coefficient (Wildman–Crippen LogP) is 0.0497. The Morgan fingerprint density at radius 3 is 2.94 bits per heavy atom. The maximum atomic E-state index is 12.1. The number of nitrogens with one attached hydrogen (secondary N) is 1. The molecular formula is C8H8F3N3O2. The van der Waals surface area contributed by atoms with Gasteiger partial charge in [0.05, 0.1) is 12.7 Å². The number of aliphatic hydroxyl groups excluding tert-OH is 1. The third kappa shape index (κ3) is 1.75. The number of hydrogen-bond donors (Lipinski definition) is 2. The number of amides is 1. The van der Waals surface area contributed by atoms with E-state index in [0.717, 1.165) is 4.68 Å². The SMILES string of the molecule is O=C1NCc2cnn(C[C@H](O)C(F)(F)F)c21. The molecule has 1 aliphatic rings. The van der Waals surface area contributed by atoms with Gasteiger partial charge in [0.25, 0.3) is 5.91 Å². The van der Waals surface area contributed by atoms with Crippen LogP contribution in [0.1, 0.15) is 16.1 Å². The second-order valence-corrected chi connectivity index (χ2v) is 3.44. The number of carbonyl (C=O) groups excluding carboxylic acids is 1. The second kappa shape index (κ2) is 3.48. The Morgan fingerprint density at radius 1 is 1.62 bits per heavy atom. The molecule has 0 unspecified atom stereocenters. The minimum atomic E-state index is -4.71. The molecule has 1 aromatic rings. The first-order valence-corrected chi connectivity index (χ1v) is 4.47. The third-order valence-electron chi connectivity index (χ3n) is 2.29. The van der Waals surface area contributed by atoms with Crippen LogP contribution >= 0.6 is 0 Å². The van der Waals surface area contributed by atoms with Crippen LogP contribution in [0.25, 0.3) is 0 Å². The van der Waals surface area contributed by atoms with Crippen molar-refractivity contribution >= 4 is 5.91 Å². The highest BCUT2D eigenvalue weighted by atomic mass is 19.4. The lowest BCUT2D eigenvalue weighted by molar-refractivity contribution is -0.208. The lowest BCUT2D eigenvalue weighted by atomic mass is 10.3. The van der Waals surface area contributed by atoms with E-state index in [-0.39, 0.29) is 12.2 Å². The summed E-state index contributed by atoms with van der Waals surface area (Å²) in [6.45, 7) is -0.511. The van der Waals surface area contributed by atoms with Gasteiger partial charge in [-0.3, -0.25) is 9.48 Å². The number of hydrogen-bond acceptors (Lipinski definition) is 3. The number of nitrogens with zero attached hydrogens (tertiary/aromatic N) is 2. The molecule has 0 saturated carbocycles. The Kier molecular flexibility index (Phi) is 2.38. The lowest BCUT2D eigenvalue weighted by Crippen LogP contribution is -2.34. The monoisotopic (exact) mass is 235 g/mol. The molecule has 0 saturated heterocycles. The molecule has 1 aliphatic heterocycles. The summed E-state index contributed by atoms with van der Waals surface area (Å²) in [6.07, 6.45) is -5.92. The van der Waals surface area contributed by atoms with E-state index >= 15 is 0 Å². The number of carbonyl (C=O) groups is 1. The van der Waals surface area contributed by atoms with Crippen molar-refractivity contribution in [2.75, 3.05) is 0 Å². The molecule has 0 fully saturated rings. The van der Waals surface area contributed by atoms with Crippen molar-refractivity contribution < 1.29 is 23.1 Å². The van der Waals surface area contributed by atoms with E-state index in [9.17, 15) is 18.0 Å². The van der Waals surface area contributed by atoms with Gasteiger partial charge in [-0.15, -0.1) is 0 Å². The molecule has 2 N–H and O–H groups in total. The Hall–Kier alpha value is -1.57. The molecule has 0 bridgehead atoms. The Balaban J connectivity index is 2.21. The summed E-state index contributed by atoms with van der Waals surface area (Å²) in [6, 6.07) is 0.